The van der Waals surface area contributed by atoms with Gasteiger partial charge in [-0.15, -0.1) is 0 Å². The van der Waals surface area contributed by atoms with Crippen LogP contribution < -0.4 is 10.2 Å². The number of ether oxygens (including phenoxy) is 1. The van der Waals surface area contributed by atoms with Crippen LogP contribution in [-0.4, -0.2) is 142 Å². The number of carboxylic acids is 1. The summed E-state index contributed by atoms with van der Waals surface area (Å²) in [6, 6.07) is 29.7. The maximum absolute atomic E-state index is 12.9. The predicted molar refractivity (Wildman–Crippen MR) is 235 cm³/mol. The fraction of sp³-hybridized carbons (Fsp3) is 0.391. The molecule has 3 aromatic heterocycles. The van der Waals surface area contributed by atoms with E-state index in [4.69, 9.17) is 29.6 Å². The van der Waals surface area contributed by atoms with Crippen LogP contribution in [0.1, 0.15) is 53.1 Å². The quantitative estimate of drug-likeness (QED) is 0.112. The normalized spacial score (nSPS) is 21.2. The molecule has 66 heavy (non-hydrogen) atoms. The minimum atomic E-state index is -5.08. The highest BCUT2D eigenvalue weighted by atomic mass is 19.4. The zero-order chi connectivity index (χ0) is 46.4. The third-order valence-corrected chi connectivity index (χ3v) is 12.4. The summed E-state index contributed by atoms with van der Waals surface area (Å²) in [5, 5.41) is 47.5. The molecule has 1 aliphatic carbocycles. The SMILES string of the molecule is O=C(O)C(F)(F)F.O=C(OCc1ccccc1)N1CCN(C2CCN(c3nc(NCC(c4ccccc4)c4ccccc4)c4ncn([C@@H]5C[C@H](n6cc(CO)cn6)[C@@H](O)[C@H]5O)c4n3)C2)CC1. The van der Waals surface area contributed by atoms with Crippen LogP contribution in [0.5, 0.6) is 0 Å². The summed E-state index contributed by atoms with van der Waals surface area (Å²) in [5.41, 5.74) is 5.08. The van der Waals surface area contributed by atoms with Crippen LogP contribution >= 0.6 is 0 Å². The Labute approximate surface area is 377 Å². The number of aromatic nitrogens is 6. The van der Waals surface area contributed by atoms with Crippen molar-refractivity contribution in [2.24, 2.45) is 0 Å². The summed E-state index contributed by atoms with van der Waals surface area (Å²) in [6.45, 7) is 4.80. The van der Waals surface area contributed by atoms with E-state index in [9.17, 15) is 33.3 Å². The van der Waals surface area contributed by atoms with E-state index in [-0.39, 0.29) is 31.3 Å². The molecule has 1 unspecified atom stereocenters. The highest BCUT2D eigenvalue weighted by molar-refractivity contribution is 5.84. The van der Waals surface area contributed by atoms with Crippen molar-refractivity contribution in [2.45, 2.75) is 68.5 Å². The van der Waals surface area contributed by atoms with Gasteiger partial charge in [-0.1, -0.05) is 91.0 Å². The van der Waals surface area contributed by atoms with Gasteiger partial charge in [-0.2, -0.15) is 28.2 Å². The van der Waals surface area contributed by atoms with Crippen LogP contribution in [0.2, 0.25) is 0 Å². The van der Waals surface area contributed by atoms with Gasteiger partial charge < -0.3 is 44.8 Å². The van der Waals surface area contributed by atoms with Gasteiger partial charge in [-0.25, -0.2) is 14.6 Å². The Morgan fingerprint density at radius 1 is 0.833 bits per heavy atom. The molecule has 20 heteroatoms. The number of benzene rings is 3. The number of hydrogen-bond donors (Lipinski definition) is 5. The Morgan fingerprint density at radius 3 is 2.06 bits per heavy atom. The molecule has 9 rings (SSSR count). The second-order valence-electron chi connectivity index (χ2n) is 16.5. The predicted octanol–water partition coefficient (Wildman–Crippen LogP) is 4.83. The van der Waals surface area contributed by atoms with E-state index in [1.807, 2.05) is 47.0 Å². The Balaban J connectivity index is 0.000000785. The number of nitrogens with one attached hydrogen (secondary N) is 1. The molecule has 0 bridgehead atoms. The van der Waals surface area contributed by atoms with E-state index in [0.29, 0.717) is 61.1 Å². The molecule has 1 saturated carbocycles. The number of alkyl halides is 3. The van der Waals surface area contributed by atoms with E-state index in [1.54, 1.807) is 28.3 Å². The zero-order valence-corrected chi connectivity index (χ0v) is 35.8. The van der Waals surface area contributed by atoms with Crippen molar-refractivity contribution in [1.29, 1.82) is 0 Å². The van der Waals surface area contributed by atoms with Crippen molar-refractivity contribution >= 4 is 35.0 Å². The van der Waals surface area contributed by atoms with Gasteiger partial charge in [0.2, 0.25) is 5.95 Å². The number of fused-ring (bicyclic) bond motifs is 1. The van der Waals surface area contributed by atoms with Crippen LogP contribution in [0.4, 0.5) is 29.7 Å². The standard InChI is InChI=1S/C44H50N10O5.C2HF3O2/c55-27-31-23-47-54(25-31)37-22-36(39(56)40(37)57)53-29-46-38-41(45-24-35(32-12-6-2-7-13-32)33-14-8-3-9-15-33)48-43(49-42(38)53)52-17-16-34(26-52)50-18-20-51(21-19-50)44(58)59-28-30-10-4-1-5-11-30;3-2(4,5)1(6)7/h1-15,23,25,29,34-37,39-40,55-57H,16-22,24,26-28H2,(H,45,48,49);(H,6,7)/t34?,36-,37+,39+,40-;/m1./s1. The molecule has 5 heterocycles. The molecular weight excluding hydrogens is 862 g/mol. The molecule has 0 spiro atoms. The fourth-order valence-electron chi connectivity index (χ4n) is 8.88. The number of halogens is 3. The summed E-state index contributed by atoms with van der Waals surface area (Å²) in [5.74, 6) is -1.57. The number of carbonyl (C=O) groups excluding carboxylic acids is 1. The first-order chi connectivity index (χ1) is 31.9. The van der Waals surface area contributed by atoms with Crippen LogP contribution in [0.3, 0.4) is 0 Å². The molecule has 3 fully saturated rings. The molecule has 17 nitrogen and oxygen atoms in total. The average molecular weight is 913 g/mol. The highest BCUT2D eigenvalue weighted by Gasteiger charge is 2.45. The van der Waals surface area contributed by atoms with Crippen molar-refractivity contribution in [3.05, 3.63) is 132 Å². The van der Waals surface area contributed by atoms with Crippen LogP contribution in [0.25, 0.3) is 11.2 Å². The first-order valence-corrected chi connectivity index (χ1v) is 21.7. The Hall–Kier alpha value is -6.61. The number of anilines is 2. The van der Waals surface area contributed by atoms with E-state index in [0.717, 1.165) is 31.6 Å². The lowest BCUT2D eigenvalue weighted by Crippen LogP contribution is -2.52. The van der Waals surface area contributed by atoms with Crippen molar-refractivity contribution in [3.63, 3.8) is 0 Å². The van der Waals surface area contributed by atoms with Gasteiger partial charge in [-0.3, -0.25) is 9.58 Å². The van der Waals surface area contributed by atoms with Crippen molar-refractivity contribution in [3.8, 4) is 0 Å². The number of carbonyl (C=O) groups is 2. The van der Waals surface area contributed by atoms with Gasteiger partial charge in [0.05, 0.1) is 31.2 Å². The number of aliphatic hydroxyl groups excluding tert-OH is 3. The van der Waals surface area contributed by atoms with Crippen molar-refractivity contribution in [2.75, 3.05) is 56.0 Å². The molecule has 2 aliphatic heterocycles. The van der Waals surface area contributed by atoms with Gasteiger partial charge in [-0.05, 0) is 29.5 Å². The largest absolute Gasteiger partial charge is 0.490 e. The second kappa shape index (κ2) is 20.3. The number of nitrogens with zero attached hydrogens (tertiary/aromatic N) is 9. The molecule has 6 aromatic rings. The maximum atomic E-state index is 12.9. The number of rotatable bonds is 12. The van der Waals surface area contributed by atoms with Gasteiger partial charge >= 0.3 is 18.2 Å². The lowest BCUT2D eigenvalue weighted by molar-refractivity contribution is -0.192. The van der Waals surface area contributed by atoms with Gasteiger partial charge in [0, 0.05) is 69.5 Å². The molecule has 3 aromatic carbocycles. The van der Waals surface area contributed by atoms with Crippen molar-refractivity contribution in [1.82, 2.24) is 39.1 Å². The Bertz CT molecular complexity index is 2500. The van der Waals surface area contributed by atoms with Gasteiger partial charge in [0.1, 0.15) is 18.8 Å². The first kappa shape index (κ1) is 45.9. The lowest BCUT2D eigenvalue weighted by Gasteiger charge is -2.37. The third-order valence-electron chi connectivity index (χ3n) is 12.4. The molecular formula is C46H51F3N10O7. The lowest BCUT2D eigenvalue weighted by atomic mass is 9.91. The van der Waals surface area contributed by atoms with E-state index in [2.05, 4.69) is 68.7 Å². The van der Waals surface area contributed by atoms with Gasteiger partial charge in [0.15, 0.2) is 17.0 Å². The van der Waals surface area contributed by atoms with E-state index < -0.39 is 36.4 Å². The van der Waals surface area contributed by atoms with Gasteiger partial charge in [0.25, 0.3) is 0 Å². The topological polar surface area (TPSA) is 207 Å². The Morgan fingerprint density at radius 2 is 1.45 bits per heavy atom. The number of aliphatic hydroxyl groups is 3. The molecule has 1 amide bonds. The third kappa shape index (κ3) is 10.4. The van der Waals surface area contributed by atoms with Crippen molar-refractivity contribution < 1.29 is 47.9 Å². The molecule has 0 radical (unpaired) electrons. The summed E-state index contributed by atoms with van der Waals surface area (Å²) in [4.78, 5) is 43.3. The minimum Gasteiger partial charge on any atom is -0.475 e. The Kier molecular flexibility index (Phi) is 14.1. The number of hydrogen-bond acceptors (Lipinski definition) is 13. The molecule has 2 saturated heterocycles. The maximum Gasteiger partial charge on any atom is 0.490 e. The van der Waals surface area contributed by atoms with E-state index in [1.165, 1.54) is 11.1 Å². The van der Waals surface area contributed by atoms with Crippen LogP contribution in [-0.2, 0) is 22.7 Å². The summed E-state index contributed by atoms with van der Waals surface area (Å²) in [6.07, 6.45) is -1.32. The number of aliphatic carboxylic acids is 1. The molecule has 5 atom stereocenters. The van der Waals surface area contributed by atoms with E-state index >= 15 is 0 Å². The van der Waals surface area contributed by atoms with Crippen LogP contribution in [0.15, 0.2) is 110 Å². The summed E-state index contributed by atoms with van der Waals surface area (Å²) in [7, 11) is 0. The number of imidazole rings is 1. The highest BCUT2D eigenvalue weighted by Crippen LogP contribution is 2.40. The summed E-state index contributed by atoms with van der Waals surface area (Å²) >= 11 is 0. The monoisotopic (exact) mass is 912 g/mol. The summed E-state index contributed by atoms with van der Waals surface area (Å²) < 4.78 is 40.8. The average Bonchev–Trinajstić information content (AvgIpc) is 4.17. The molecule has 5 N–H and O–H groups in total. The number of amides is 1. The fourth-order valence-corrected chi connectivity index (χ4v) is 8.88. The van der Waals surface area contributed by atoms with Crippen LogP contribution in [0, 0.1) is 0 Å². The first-order valence-electron chi connectivity index (χ1n) is 21.7. The molecule has 348 valence electrons. The number of piperazine rings is 1. The minimum absolute atomic E-state index is 0.0313. The molecule has 3 aliphatic rings. The smallest absolute Gasteiger partial charge is 0.475 e. The number of carboxylic acid groups (broad SMARTS) is 1. The second-order valence-corrected chi connectivity index (χ2v) is 16.5. The zero-order valence-electron chi connectivity index (χ0n) is 35.8.